The molecule has 2 rings (SSSR count). The molecule has 0 aromatic heterocycles. The molecular weight excluding hydrogens is 245 g/mol. The van der Waals surface area contributed by atoms with E-state index in [1.54, 1.807) is 12.1 Å². The summed E-state index contributed by atoms with van der Waals surface area (Å²) in [5, 5.41) is 4.42. The third kappa shape index (κ3) is 3.99. The van der Waals surface area contributed by atoms with E-state index in [2.05, 4.69) is 30.9 Å². The van der Waals surface area contributed by atoms with Gasteiger partial charge in [-0.3, -0.25) is 0 Å². The van der Waals surface area contributed by atoms with Gasteiger partial charge in [0.2, 0.25) is 0 Å². The lowest BCUT2D eigenvalue weighted by Gasteiger charge is -2.32. The van der Waals surface area contributed by atoms with Gasteiger partial charge in [0.1, 0.15) is 5.82 Å². The summed E-state index contributed by atoms with van der Waals surface area (Å²) in [5.41, 5.74) is 1.20. The molecule has 0 saturated carbocycles. The number of nitrogens with one attached hydrogen (secondary N) is 1. The molecule has 1 N–H and O–H groups in total. The van der Waals surface area contributed by atoms with Crippen LogP contribution in [0.5, 0.6) is 0 Å². The third-order valence-electron chi connectivity index (χ3n) is 3.56. The van der Waals surface area contributed by atoms with Crippen molar-refractivity contribution in [1.82, 2.24) is 5.32 Å². The van der Waals surface area contributed by atoms with Crippen molar-refractivity contribution >= 4 is 11.8 Å². The normalized spacial score (nSPS) is 25.9. The van der Waals surface area contributed by atoms with Crippen molar-refractivity contribution in [3.8, 4) is 0 Å². The number of halogens is 1. The molecule has 0 bridgehead atoms. The van der Waals surface area contributed by atoms with Crippen LogP contribution in [0.4, 0.5) is 4.39 Å². The minimum absolute atomic E-state index is 0.156. The summed E-state index contributed by atoms with van der Waals surface area (Å²) in [6, 6.07) is 7.92. The molecule has 0 aliphatic carbocycles. The SMILES string of the molecule is CC(Cc1ccc(F)cc1)NC1CCCSC1C. The van der Waals surface area contributed by atoms with Crippen molar-refractivity contribution in [2.45, 2.75) is 50.4 Å². The summed E-state index contributed by atoms with van der Waals surface area (Å²) in [4.78, 5) is 0. The highest BCUT2D eigenvalue weighted by Gasteiger charge is 2.22. The molecule has 0 spiro atoms. The molecule has 18 heavy (non-hydrogen) atoms. The van der Waals surface area contributed by atoms with Crippen LogP contribution >= 0.6 is 11.8 Å². The summed E-state index contributed by atoms with van der Waals surface area (Å²) in [7, 11) is 0. The molecule has 1 aromatic carbocycles. The molecule has 1 saturated heterocycles. The number of thioether (sulfide) groups is 1. The van der Waals surface area contributed by atoms with E-state index >= 15 is 0 Å². The minimum atomic E-state index is -0.156. The Bertz CT molecular complexity index is 365. The molecule has 1 aliphatic rings. The molecule has 3 heteroatoms. The Hall–Kier alpha value is -0.540. The Morgan fingerprint density at radius 3 is 2.78 bits per heavy atom. The lowest BCUT2D eigenvalue weighted by molar-refractivity contribution is 0.408. The highest BCUT2D eigenvalue weighted by Crippen LogP contribution is 2.25. The molecular formula is C15H22FNS. The van der Waals surface area contributed by atoms with Gasteiger partial charge in [-0.2, -0.15) is 11.8 Å². The van der Waals surface area contributed by atoms with Gasteiger partial charge in [0.15, 0.2) is 0 Å². The second-order valence-corrected chi connectivity index (χ2v) is 6.71. The number of hydrogen-bond acceptors (Lipinski definition) is 2. The maximum atomic E-state index is 12.8. The van der Waals surface area contributed by atoms with Gasteiger partial charge in [-0.15, -0.1) is 0 Å². The molecule has 1 aliphatic heterocycles. The first-order valence-corrected chi connectivity index (χ1v) is 7.82. The van der Waals surface area contributed by atoms with Crippen LogP contribution in [0.25, 0.3) is 0 Å². The standard InChI is InChI=1S/C15H22FNS/c1-11(10-13-5-7-14(16)8-6-13)17-15-4-3-9-18-12(15)2/h5-8,11-12,15,17H,3-4,9-10H2,1-2H3. The molecule has 3 atom stereocenters. The Labute approximate surface area is 114 Å². The van der Waals surface area contributed by atoms with Crippen LogP contribution in [-0.4, -0.2) is 23.1 Å². The zero-order valence-electron chi connectivity index (χ0n) is 11.2. The van der Waals surface area contributed by atoms with Crippen LogP contribution in [-0.2, 0) is 6.42 Å². The Morgan fingerprint density at radius 1 is 1.39 bits per heavy atom. The fourth-order valence-corrected chi connectivity index (χ4v) is 3.69. The molecule has 1 aromatic rings. The second-order valence-electron chi connectivity index (χ2n) is 5.22. The summed E-state index contributed by atoms with van der Waals surface area (Å²) < 4.78 is 12.8. The van der Waals surface area contributed by atoms with E-state index in [-0.39, 0.29) is 5.82 Å². The first-order chi connectivity index (χ1) is 8.65. The monoisotopic (exact) mass is 267 g/mol. The van der Waals surface area contributed by atoms with Crippen LogP contribution in [0, 0.1) is 5.82 Å². The fourth-order valence-electron chi connectivity index (χ4n) is 2.54. The van der Waals surface area contributed by atoms with E-state index in [0.29, 0.717) is 17.3 Å². The average molecular weight is 267 g/mol. The van der Waals surface area contributed by atoms with Gasteiger partial charge in [-0.1, -0.05) is 19.1 Å². The Morgan fingerprint density at radius 2 is 2.11 bits per heavy atom. The van der Waals surface area contributed by atoms with Crippen molar-refractivity contribution in [3.63, 3.8) is 0 Å². The summed E-state index contributed by atoms with van der Waals surface area (Å²) >= 11 is 2.06. The van der Waals surface area contributed by atoms with Crippen LogP contribution in [0.15, 0.2) is 24.3 Å². The van der Waals surface area contributed by atoms with Crippen LogP contribution in [0.3, 0.4) is 0 Å². The van der Waals surface area contributed by atoms with Gasteiger partial charge in [0, 0.05) is 17.3 Å². The molecule has 3 unspecified atom stereocenters. The summed E-state index contributed by atoms with van der Waals surface area (Å²) in [6.07, 6.45) is 3.56. The summed E-state index contributed by atoms with van der Waals surface area (Å²) in [6.45, 7) is 4.53. The zero-order valence-corrected chi connectivity index (χ0v) is 12.0. The smallest absolute Gasteiger partial charge is 0.123 e. The predicted molar refractivity (Wildman–Crippen MR) is 77.6 cm³/mol. The lowest BCUT2D eigenvalue weighted by Crippen LogP contribution is -2.44. The lowest BCUT2D eigenvalue weighted by atomic mass is 10.0. The highest BCUT2D eigenvalue weighted by atomic mass is 32.2. The molecule has 0 radical (unpaired) electrons. The van der Waals surface area contributed by atoms with Crippen LogP contribution in [0.1, 0.15) is 32.3 Å². The second kappa shape index (κ2) is 6.58. The number of hydrogen-bond donors (Lipinski definition) is 1. The average Bonchev–Trinajstić information content (AvgIpc) is 2.35. The quantitative estimate of drug-likeness (QED) is 0.894. The molecule has 100 valence electrons. The summed E-state index contributed by atoms with van der Waals surface area (Å²) in [5.74, 6) is 1.14. The van der Waals surface area contributed by atoms with E-state index in [1.165, 1.54) is 24.2 Å². The van der Waals surface area contributed by atoms with E-state index < -0.39 is 0 Å². The van der Waals surface area contributed by atoms with E-state index in [1.807, 2.05) is 12.1 Å². The molecule has 1 nitrogen and oxygen atoms in total. The van der Waals surface area contributed by atoms with E-state index in [9.17, 15) is 4.39 Å². The first-order valence-electron chi connectivity index (χ1n) is 6.77. The van der Waals surface area contributed by atoms with Gasteiger partial charge < -0.3 is 5.32 Å². The number of benzene rings is 1. The maximum absolute atomic E-state index is 12.8. The van der Waals surface area contributed by atoms with Crippen molar-refractivity contribution in [2.75, 3.05) is 5.75 Å². The fraction of sp³-hybridized carbons (Fsp3) is 0.600. The Balaban J connectivity index is 1.84. The Kier molecular flexibility index (Phi) is 5.07. The topological polar surface area (TPSA) is 12.0 Å². The highest BCUT2D eigenvalue weighted by molar-refractivity contribution is 7.99. The van der Waals surface area contributed by atoms with Crippen molar-refractivity contribution in [2.24, 2.45) is 0 Å². The van der Waals surface area contributed by atoms with E-state index in [4.69, 9.17) is 0 Å². The van der Waals surface area contributed by atoms with Crippen molar-refractivity contribution in [1.29, 1.82) is 0 Å². The van der Waals surface area contributed by atoms with Crippen molar-refractivity contribution in [3.05, 3.63) is 35.6 Å². The van der Waals surface area contributed by atoms with Crippen LogP contribution < -0.4 is 5.32 Å². The van der Waals surface area contributed by atoms with Gasteiger partial charge in [0.05, 0.1) is 0 Å². The minimum Gasteiger partial charge on any atom is -0.310 e. The van der Waals surface area contributed by atoms with Crippen LogP contribution in [0.2, 0.25) is 0 Å². The van der Waals surface area contributed by atoms with Gasteiger partial charge in [-0.05, 0) is 49.6 Å². The third-order valence-corrected chi connectivity index (χ3v) is 4.94. The number of rotatable bonds is 4. The van der Waals surface area contributed by atoms with Gasteiger partial charge in [0.25, 0.3) is 0 Å². The first kappa shape index (κ1) is 13.9. The predicted octanol–water partition coefficient (Wildman–Crippen LogP) is 3.63. The molecule has 1 fully saturated rings. The largest absolute Gasteiger partial charge is 0.310 e. The van der Waals surface area contributed by atoms with E-state index in [0.717, 1.165) is 6.42 Å². The van der Waals surface area contributed by atoms with Crippen molar-refractivity contribution < 1.29 is 4.39 Å². The maximum Gasteiger partial charge on any atom is 0.123 e. The molecule has 0 amide bonds. The van der Waals surface area contributed by atoms with Gasteiger partial charge in [-0.25, -0.2) is 4.39 Å². The van der Waals surface area contributed by atoms with Gasteiger partial charge >= 0.3 is 0 Å². The molecule has 1 heterocycles. The zero-order chi connectivity index (χ0) is 13.0.